The molecule has 0 bridgehead atoms. The van der Waals surface area contributed by atoms with Gasteiger partial charge in [-0.1, -0.05) is 137 Å². The van der Waals surface area contributed by atoms with E-state index in [2.05, 4.69) is 224 Å². The van der Waals surface area contributed by atoms with Crippen molar-refractivity contribution in [3.63, 3.8) is 0 Å². The molecule has 0 spiro atoms. The van der Waals surface area contributed by atoms with E-state index in [-0.39, 0.29) is 5.41 Å². The van der Waals surface area contributed by atoms with E-state index in [0.29, 0.717) is 0 Å². The quantitative estimate of drug-likeness (QED) is 0.152. The van der Waals surface area contributed by atoms with Crippen LogP contribution in [0, 0.1) is 7.14 Å². The standard InChI is InChI=1S/C25H18BrI.C16H10BrI/c1-25(2)22-13-15(7-9-19(22)20-10-8-16(27)14-23(20)25)17-11-12-24(26)21-6-4-3-5-18(17)21;17-16-10-9-13(11-5-7-12(18)8-6-11)14-3-1-2-4-15(14)16/h3-14H,1-2H3;1-10H. The molecule has 0 aromatic heterocycles. The molecule has 0 atom stereocenters. The number of rotatable bonds is 2. The smallest absolute Gasteiger partial charge is 0.0254 e. The summed E-state index contributed by atoms with van der Waals surface area (Å²) < 4.78 is 4.85. The van der Waals surface area contributed by atoms with Crippen LogP contribution in [0.4, 0.5) is 0 Å². The molecule has 7 aromatic carbocycles. The average molecular weight is 934 g/mol. The van der Waals surface area contributed by atoms with Gasteiger partial charge in [0.25, 0.3) is 0 Å². The summed E-state index contributed by atoms with van der Waals surface area (Å²) in [6, 6.07) is 48.2. The van der Waals surface area contributed by atoms with Crippen molar-refractivity contribution in [3.05, 3.63) is 161 Å². The van der Waals surface area contributed by atoms with E-state index in [0.717, 1.165) is 8.95 Å². The van der Waals surface area contributed by atoms with Crippen molar-refractivity contribution in [1.82, 2.24) is 0 Å². The number of hydrogen-bond acceptors (Lipinski definition) is 0. The lowest BCUT2D eigenvalue weighted by Gasteiger charge is -2.22. The van der Waals surface area contributed by atoms with Gasteiger partial charge in [0.05, 0.1) is 0 Å². The molecular weight excluding hydrogens is 906 g/mol. The zero-order valence-corrected chi connectivity index (χ0v) is 32.2. The minimum atomic E-state index is 0.0209. The zero-order valence-electron chi connectivity index (χ0n) is 24.7. The summed E-state index contributed by atoms with van der Waals surface area (Å²) in [4.78, 5) is 0. The van der Waals surface area contributed by atoms with E-state index < -0.39 is 0 Å². The molecule has 0 unspecified atom stereocenters. The number of halogens is 4. The summed E-state index contributed by atoms with van der Waals surface area (Å²) in [7, 11) is 0. The van der Waals surface area contributed by atoms with Crippen LogP contribution in [0.3, 0.4) is 0 Å². The lowest BCUT2D eigenvalue weighted by Crippen LogP contribution is -2.15. The van der Waals surface area contributed by atoms with Crippen LogP contribution in [0.25, 0.3) is 54.9 Å². The lowest BCUT2D eigenvalue weighted by atomic mass is 9.81. The monoisotopic (exact) mass is 932 g/mol. The maximum Gasteiger partial charge on any atom is 0.0254 e. The molecule has 1 aliphatic carbocycles. The molecule has 0 saturated heterocycles. The Kier molecular flexibility index (Phi) is 8.70. The van der Waals surface area contributed by atoms with Crippen LogP contribution in [0.2, 0.25) is 0 Å². The first-order chi connectivity index (χ1) is 21.7. The van der Waals surface area contributed by atoms with Gasteiger partial charge in [0.2, 0.25) is 0 Å². The molecule has 0 nitrogen and oxygen atoms in total. The third kappa shape index (κ3) is 5.81. The normalized spacial score (nSPS) is 12.8. The minimum Gasteiger partial charge on any atom is -0.0616 e. The SMILES string of the molecule is Brc1ccc(-c2ccc(I)cc2)c2ccccc12.CC1(C)c2cc(I)ccc2-c2ccc(-c3ccc(Br)c4ccccc34)cc21. The Hall–Kier alpha value is -2.52. The summed E-state index contributed by atoms with van der Waals surface area (Å²) in [5.74, 6) is 0. The molecule has 4 heteroatoms. The third-order valence-electron chi connectivity index (χ3n) is 8.85. The van der Waals surface area contributed by atoms with Crippen LogP contribution in [0.5, 0.6) is 0 Å². The Labute approximate surface area is 308 Å². The van der Waals surface area contributed by atoms with Gasteiger partial charge in [-0.15, -0.1) is 0 Å². The second kappa shape index (κ2) is 12.6. The molecule has 0 amide bonds. The lowest BCUT2D eigenvalue weighted by molar-refractivity contribution is 0.660. The predicted molar refractivity (Wildman–Crippen MR) is 217 cm³/mol. The number of fused-ring (bicyclic) bond motifs is 5. The fourth-order valence-corrected chi connectivity index (χ4v) is 8.34. The van der Waals surface area contributed by atoms with Gasteiger partial charge in [0, 0.05) is 21.5 Å². The van der Waals surface area contributed by atoms with Crippen LogP contribution >= 0.6 is 77.0 Å². The Morgan fingerprint density at radius 2 is 0.844 bits per heavy atom. The molecule has 0 fully saturated rings. The Morgan fingerprint density at radius 3 is 1.42 bits per heavy atom. The number of hydrogen-bond donors (Lipinski definition) is 0. The Bertz CT molecular complexity index is 2230. The fourth-order valence-electron chi connectivity index (χ4n) is 6.53. The van der Waals surface area contributed by atoms with Gasteiger partial charge in [-0.05, 0) is 154 Å². The second-order valence-corrected chi connectivity index (χ2v) is 16.1. The Balaban J connectivity index is 0.000000157. The maximum atomic E-state index is 3.70. The molecule has 0 heterocycles. The van der Waals surface area contributed by atoms with Crippen LogP contribution in [-0.4, -0.2) is 0 Å². The third-order valence-corrected chi connectivity index (χ3v) is 11.6. The Morgan fingerprint density at radius 1 is 0.422 bits per heavy atom. The van der Waals surface area contributed by atoms with Gasteiger partial charge in [0.15, 0.2) is 0 Å². The first-order valence-corrected chi connectivity index (χ1v) is 18.5. The summed E-state index contributed by atoms with van der Waals surface area (Å²) >= 11 is 12.1. The van der Waals surface area contributed by atoms with Crippen molar-refractivity contribution in [2.24, 2.45) is 0 Å². The van der Waals surface area contributed by atoms with Crippen LogP contribution in [0.15, 0.2) is 142 Å². The van der Waals surface area contributed by atoms with Gasteiger partial charge < -0.3 is 0 Å². The molecule has 45 heavy (non-hydrogen) atoms. The van der Waals surface area contributed by atoms with Crippen molar-refractivity contribution in [3.8, 4) is 33.4 Å². The van der Waals surface area contributed by atoms with Gasteiger partial charge in [-0.2, -0.15) is 0 Å². The second-order valence-electron chi connectivity index (χ2n) is 11.9. The molecule has 0 radical (unpaired) electrons. The van der Waals surface area contributed by atoms with Gasteiger partial charge >= 0.3 is 0 Å². The van der Waals surface area contributed by atoms with Crippen molar-refractivity contribution in [1.29, 1.82) is 0 Å². The van der Waals surface area contributed by atoms with Crippen molar-refractivity contribution in [2.45, 2.75) is 19.3 Å². The summed E-state index contributed by atoms with van der Waals surface area (Å²) in [5, 5.41) is 5.09. The summed E-state index contributed by atoms with van der Waals surface area (Å²) in [5.41, 5.74) is 10.7. The average Bonchev–Trinajstić information content (AvgIpc) is 3.27. The topological polar surface area (TPSA) is 0 Å². The van der Waals surface area contributed by atoms with E-state index in [4.69, 9.17) is 0 Å². The first-order valence-electron chi connectivity index (χ1n) is 14.8. The van der Waals surface area contributed by atoms with Gasteiger partial charge in [0.1, 0.15) is 0 Å². The first kappa shape index (κ1) is 31.1. The van der Waals surface area contributed by atoms with Crippen molar-refractivity contribution in [2.75, 3.05) is 0 Å². The van der Waals surface area contributed by atoms with Crippen LogP contribution in [0.1, 0.15) is 25.0 Å². The molecule has 1 aliphatic rings. The molecule has 8 rings (SSSR count). The van der Waals surface area contributed by atoms with Gasteiger partial charge in [-0.3, -0.25) is 0 Å². The maximum absolute atomic E-state index is 3.70. The minimum absolute atomic E-state index is 0.0209. The molecule has 220 valence electrons. The van der Waals surface area contributed by atoms with Crippen LogP contribution in [-0.2, 0) is 5.41 Å². The molecule has 0 N–H and O–H groups in total. The van der Waals surface area contributed by atoms with Crippen molar-refractivity contribution >= 4 is 98.6 Å². The number of benzene rings is 7. The molecule has 7 aromatic rings. The van der Waals surface area contributed by atoms with E-state index in [1.165, 1.54) is 73.2 Å². The predicted octanol–water partition coefficient (Wildman–Crippen LogP) is 14.1. The van der Waals surface area contributed by atoms with E-state index >= 15 is 0 Å². The molecule has 0 aliphatic heterocycles. The van der Waals surface area contributed by atoms with Crippen LogP contribution < -0.4 is 0 Å². The highest BCUT2D eigenvalue weighted by Crippen LogP contribution is 2.50. The molecule has 0 saturated carbocycles. The van der Waals surface area contributed by atoms with E-state index in [9.17, 15) is 0 Å². The summed E-state index contributed by atoms with van der Waals surface area (Å²) in [6.45, 7) is 4.69. The highest BCUT2D eigenvalue weighted by Gasteiger charge is 2.35. The highest BCUT2D eigenvalue weighted by molar-refractivity contribution is 14.1. The van der Waals surface area contributed by atoms with E-state index in [1.54, 1.807) is 0 Å². The largest absolute Gasteiger partial charge is 0.0616 e. The molecular formula is C41H28Br2I2. The van der Waals surface area contributed by atoms with E-state index in [1.807, 2.05) is 0 Å². The highest BCUT2D eigenvalue weighted by atomic mass is 127. The zero-order chi connectivity index (χ0) is 31.3. The van der Waals surface area contributed by atoms with Crippen molar-refractivity contribution < 1.29 is 0 Å². The summed E-state index contributed by atoms with van der Waals surface area (Å²) in [6.07, 6.45) is 0. The van der Waals surface area contributed by atoms with Gasteiger partial charge in [-0.25, -0.2) is 0 Å². The fraction of sp³-hybridized carbons (Fsp3) is 0.0732.